The van der Waals surface area contributed by atoms with Crippen molar-refractivity contribution in [2.24, 2.45) is 0 Å². The minimum absolute atomic E-state index is 0.124. The lowest BCUT2D eigenvalue weighted by molar-refractivity contribution is -0.180. The zero-order valence-corrected chi connectivity index (χ0v) is 24.5. The fraction of sp³-hybridized carbons (Fsp3) is 0.586. The minimum atomic E-state index is -3.40. The van der Waals surface area contributed by atoms with Gasteiger partial charge < -0.3 is 28.8 Å². The number of benzene rings is 2. The second-order valence-corrected chi connectivity index (χ2v) is 12.1. The summed E-state index contributed by atoms with van der Waals surface area (Å²) in [5.41, 5.74) is 4.10. The summed E-state index contributed by atoms with van der Waals surface area (Å²) >= 11 is 0. The molecule has 0 radical (unpaired) electrons. The van der Waals surface area contributed by atoms with E-state index in [1.165, 1.54) is 12.8 Å². The van der Waals surface area contributed by atoms with E-state index in [-0.39, 0.29) is 13.2 Å². The predicted octanol–water partition coefficient (Wildman–Crippen LogP) is 4.51. The highest BCUT2D eigenvalue weighted by atomic mass is 32.2. The molecule has 2 aromatic carbocycles. The number of fused-ring (bicyclic) bond motifs is 2. The molecule has 0 bridgehead atoms. The molecule has 9 nitrogen and oxygen atoms in total. The normalized spacial score (nSPS) is 18.6. The topological polar surface area (TPSA) is 110 Å². The van der Waals surface area contributed by atoms with Crippen molar-refractivity contribution in [1.82, 2.24) is 0 Å². The van der Waals surface area contributed by atoms with E-state index in [0.717, 1.165) is 53.2 Å². The van der Waals surface area contributed by atoms with Crippen molar-refractivity contribution in [2.75, 3.05) is 32.7 Å². The van der Waals surface area contributed by atoms with Crippen molar-refractivity contribution in [1.29, 1.82) is 0 Å². The van der Waals surface area contributed by atoms with Crippen molar-refractivity contribution in [3.63, 3.8) is 0 Å². The number of aliphatic hydroxyl groups excluding tert-OH is 1. The van der Waals surface area contributed by atoms with E-state index in [1.807, 2.05) is 64.1 Å². The SMILES string of the molecule is C1CCOC1.CC1(C)OCc2c(CCO)cccc2O1.CC1(C)OCc2c(CCOS(C)(=O)=O)cccc2O1. The summed E-state index contributed by atoms with van der Waals surface area (Å²) in [5.74, 6) is 0.477. The second-order valence-electron chi connectivity index (χ2n) is 10.4. The molecule has 3 aliphatic rings. The van der Waals surface area contributed by atoms with Gasteiger partial charge in [-0.05, 0) is 48.9 Å². The quantitative estimate of drug-likeness (QED) is 0.505. The molecule has 0 aliphatic carbocycles. The number of rotatable bonds is 6. The van der Waals surface area contributed by atoms with Crippen LogP contribution in [0.15, 0.2) is 36.4 Å². The van der Waals surface area contributed by atoms with Gasteiger partial charge in [0.05, 0.1) is 26.1 Å². The van der Waals surface area contributed by atoms with Gasteiger partial charge in [0, 0.05) is 58.6 Å². The van der Waals surface area contributed by atoms with Gasteiger partial charge in [0.1, 0.15) is 11.5 Å². The molecule has 3 aliphatic heterocycles. The third kappa shape index (κ3) is 10.4. The Labute approximate surface area is 232 Å². The van der Waals surface area contributed by atoms with Crippen LogP contribution in [0.25, 0.3) is 0 Å². The summed E-state index contributed by atoms with van der Waals surface area (Å²) < 4.78 is 54.1. The largest absolute Gasteiger partial charge is 0.463 e. The van der Waals surface area contributed by atoms with Crippen LogP contribution in [-0.2, 0) is 54.6 Å². The van der Waals surface area contributed by atoms with E-state index in [0.29, 0.717) is 26.1 Å². The smallest absolute Gasteiger partial charge is 0.264 e. The molecule has 3 heterocycles. The molecule has 0 atom stereocenters. The van der Waals surface area contributed by atoms with Gasteiger partial charge in [0.2, 0.25) is 11.6 Å². The van der Waals surface area contributed by atoms with Crippen LogP contribution in [0.1, 0.15) is 62.8 Å². The van der Waals surface area contributed by atoms with Gasteiger partial charge in [0.15, 0.2) is 0 Å². The molecule has 1 fully saturated rings. The van der Waals surface area contributed by atoms with E-state index in [9.17, 15) is 8.42 Å². The third-order valence-electron chi connectivity index (χ3n) is 6.18. The highest BCUT2D eigenvalue weighted by Crippen LogP contribution is 2.34. The summed E-state index contributed by atoms with van der Waals surface area (Å²) in [6.45, 7) is 10.8. The van der Waals surface area contributed by atoms with Crippen LogP contribution in [-0.4, -0.2) is 57.8 Å². The molecule has 0 unspecified atom stereocenters. The molecule has 1 N–H and O–H groups in total. The maximum absolute atomic E-state index is 10.9. The summed E-state index contributed by atoms with van der Waals surface area (Å²) in [5, 5.41) is 8.94. The molecule has 39 heavy (non-hydrogen) atoms. The summed E-state index contributed by atoms with van der Waals surface area (Å²) in [6, 6.07) is 11.6. The average molecular weight is 567 g/mol. The van der Waals surface area contributed by atoms with E-state index in [2.05, 4.69) is 0 Å². The van der Waals surface area contributed by atoms with Gasteiger partial charge in [-0.25, -0.2) is 0 Å². The van der Waals surface area contributed by atoms with Crippen LogP contribution in [0.3, 0.4) is 0 Å². The second kappa shape index (κ2) is 13.9. The van der Waals surface area contributed by atoms with Crippen molar-refractivity contribution in [3.05, 3.63) is 58.7 Å². The van der Waals surface area contributed by atoms with E-state index in [1.54, 1.807) is 0 Å². The van der Waals surface area contributed by atoms with Crippen molar-refractivity contribution >= 4 is 10.1 Å². The molecule has 5 rings (SSSR count). The van der Waals surface area contributed by atoms with Crippen molar-refractivity contribution in [3.8, 4) is 11.5 Å². The van der Waals surface area contributed by atoms with Crippen molar-refractivity contribution in [2.45, 2.75) is 78.2 Å². The minimum Gasteiger partial charge on any atom is -0.463 e. The van der Waals surface area contributed by atoms with Crippen LogP contribution in [0.2, 0.25) is 0 Å². The molecular formula is C29H42O9S. The summed E-state index contributed by atoms with van der Waals surface area (Å²) in [4.78, 5) is 0. The first-order chi connectivity index (χ1) is 18.4. The standard InChI is InChI=1S/C13H18O5S.C12H16O3.C4H8O/c1-13(2)16-9-11-10(5-4-6-12(11)18-13)7-8-17-19(3,14)15;1-12(2)14-8-10-9(6-7-13)4-3-5-11(10)15-12;1-2-4-5-3-1/h4-6H,7-9H2,1-3H3;3-5,13H,6-8H2,1-2H3;1-4H2. The number of hydrogen-bond donors (Lipinski definition) is 1. The Morgan fingerprint density at radius 2 is 1.31 bits per heavy atom. The fourth-order valence-electron chi connectivity index (χ4n) is 4.22. The highest BCUT2D eigenvalue weighted by molar-refractivity contribution is 7.85. The van der Waals surface area contributed by atoms with E-state index < -0.39 is 21.7 Å². The lowest BCUT2D eigenvalue weighted by Gasteiger charge is -2.33. The molecule has 0 aromatic heterocycles. The molecule has 10 heteroatoms. The summed E-state index contributed by atoms with van der Waals surface area (Å²) in [7, 11) is -3.40. The Kier molecular flexibility index (Phi) is 11.2. The van der Waals surface area contributed by atoms with Crippen LogP contribution >= 0.6 is 0 Å². The molecule has 0 saturated carbocycles. The molecule has 0 spiro atoms. The number of aliphatic hydroxyl groups is 1. The monoisotopic (exact) mass is 566 g/mol. The highest BCUT2D eigenvalue weighted by Gasteiger charge is 2.29. The molecular weight excluding hydrogens is 524 g/mol. The first kappa shape index (κ1) is 31.3. The van der Waals surface area contributed by atoms with Crippen molar-refractivity contribution < 1.29 is 41.4 Å². The Hall–Kier alpha value is -2.21. The average Bonchev–Trinajstić information content (AvgIpc) is 3.43. The Morgan fingerprint density at radius 1 is 0.821 bits per heavy atom. The number of hydrogen-bond acceptors (Lipinski definition) is 9. The molecule has 1 saturated heterocycles. The van der Waals surface area contributed by atoms with Gasteiger partial charge in [-0.15, -0.1) is 0 Å². The van der Waals surface area contributed by atoms with Crippen LogP contribution in [0.5, 0.6) is 11.5 Å². The molecule has 2 aromatic rings. The molecule has 0 amide bonds. The predicted molar refractivity (Wildman–Crippen MR) is 147 cm³/mol. The summed E-state index contributed by atoms with van der Waals surface area (Å²) in [6.07, 6.45) is 4.75. The fourth-order valence-corrected chi connectivity index (χ4v) is 4.61. The Morgan fingerprint density at radius 3 is 1.72 bits per heavy atom. The van der Waals surface area contributed by atoms with E-state index >= 15 is 0 Å². The van der Waals surface area contributed by atoms with Gasteiger partial charge in [-0.1, -0.05) is 24.3 Å². The third-order valence-corrected chi connectivity index (χ3v) is 6.77. The Balaban J connectivity index is 0.000000186. The van der Waals surface area contributed by atoms with Gasteiger partial charge >= 0.3 is 0 Å². The first-order valence-corrected chi connectivity index (χ1v) is 15.1. The van der Waals surface area contributed by atoms with Crippen LogP contribution in [0, 0.1) is 0 Å². The zero-order chi connectivity index (χ0) is 28.5. The van der Waals surface area contributed by atoms with Gasteiger partial charge in [0.25, 0.3) is 10.1 Å². The molecule has 218 valence electrons. The first-order valence-electron chi connectivity index (χ1n) is 13.3. The van der Waals surface area contributed by atoms with Crippen LogP contribution in [0.4, 0.5) is 0 Å². The lowest BCUT2D eigenvalue weighted by Crippen LogP contribution is -2.35. The zero-order valence-electron chi connectivity index (χ0n) is 23.7. The number of ether oxygens (including phenoxy) is 5. The maximum atomic E-state index is 10.9. The maximum Gasteiger partial charge on any atom is 0.264 e. The van der Waals surface area contributed by atoms with Gasteiger partial charge in [-0.3, -0.25) is 4.18 Å². The lowest BCUT2D eigenvalue weighted by atomic mass is 10.0. The van der Waals surface area contributed by atoms with Gasteiger partial charge in [-0.2, -0.15) is 8.42 Å². The van der Waals surface area contributed by atoms with E-state index in [4.69, 9.17) is 33.0 Å². The van der Waals surface area contributed by atoms with Crippen LogP contribution < -0.4 is 9.47 Å². The Bertz CT molecular complexity index is 1160.